The molecule has 32 heavy (non-hydrogen) atoms. The van der Waals surface area contributed by atoms with Gasteiger partial charge in [0, 0.05) is 23.4 Å². The molecule has 0 bridgehead atoms. The predicted octanol–water partition coefficient (Wildman–Crippen LogP) is 4.28. The van der Waals surface area contributed by atoms with E-state index in [1.54, 1.807) is 31.2 Å². The van der Waals surface area contributed by atoms with E-state index in [2.05, 4.69) is 15.6 Å². The molecule has 1 atom stereocenters. The summed E-state index contributed by atoms with van der Waals surface area (Å²) < 4.78 is 0. The highest BCUT2D eigenvalue weighted by atomic mass is 16.2. The average Bonchev–Trinajstić information content (AvgIpc) is 3.06. The summed E-state index contributed by atoms with van der Waals surface area (Å²) in [6.07, 6.45) is 3.27. The van der Waals surface area contributed by atoms with E-state index in [0.717, 1.165) is 18.5 Å². The molecule has 7 heteroatoms. The topological polar surface area (TPSA) is 115 Å². The lowest BCUT2D eigenvalue weighted by Gasteiger charge is -2.28. The Morgan fingerprint density at radius 2 is 2.03 bits per heavy atom. The van der Waals surface area contributed by atoms with Crippen LogP contribution in [0.25, 0.3) is 0 Å². The number of nitrogens with one attached hydrogen (secondary N) is 3. The number of Topliss-reactive ketones (excluding diaryl/α,β-unsaturated/α-hetero) is 1. The Morgan fingerprint density at radius 1 is 1.28 bits per heavy atom. The van der Waals surface area contributed by atoms with Crippen LogP contribution >= 0.6 is 0 Å². The second kappa shape index (κ2) is 9.39. The number of H-pyrrole nitrogens is 1. The van der Waals surface area contributed by atoms with Gasteiger partial charge >= 0.3 is 0 Å². The van der Waals surface area contributed by atoms with Crippen molar-refractivity contribution in [2.45, 2.75) is 65.8 Å². The zero-order valence-electron chi connectivity index (χ0n) is 19.1. The molecular weight excluding hydrogens is 404 g/mol. The van der Waals surface area contributed by atoms with Crippen molar-refractivity contribution >= 4 is 23.3 Å². The third-order valence-electron chi connectivity index (χ3n) is 5.86. The van der Waals surface area contributed by atoms with Crippen molar-refractivity contribution in [2.24, 2.45) is 5.41 Å². The van der Waals surface area contributed by atoms with Gasteiger partial charge in [0.05, 0.1) is 11.6 Å². The number of hydrogen-bond acceptors (Lipinski definition) is 4. The Balaban J connectivity index is 1.80. The van der Waals surface area contributed by atoms with E-state index in [1.165, 1.54) is 0 Å². The average molecular weight is 435 g/mol. The van der Waals surface area contributed by atoms with Gasteiger partial charge in [-0.05, 0) is 48.9 Å². The summed E-state index contributed by atoms with van der Waals surface area (Å²) in [7, 11) is 0. The number of benzene rings is 1. The molecule has 1 aliphatic rings. The number of aromatic nitrogens is 1. The van der Waals surface area contributed by atoms with E-state index in [-0.39, 0.29) is 17.1 Å². The molecular formula is C25H30N4O3. The molecule has 0 spiro atoms. The lowest BCUT2D eigenvalue weighted by Crippen LogP contribution is -2.44. The van der Waals surface area contributed by atoms with E-state index in [1.807, 2.05) is 26.8 Å². The zero-order chi connectivity index (χ0) is 23.5. The Labute approximate surface area is 188 Å². The molecule has 7 nitrogen and oxygen atoms in total. The summed E-state index contributed by atoms with van der Waals surface area (Å²) in [6, 6.07) is 7.95. The molecule has 1 heterocycles. The maximum atomic E-state index is 13.1. The van der Waals surface area contributed by atoms with Crippen molar-refractivity contribution in [2.75, 3.05) is 5.32 Å². The lowest BCUT2D eigenvalue weighted by molar-refractivity contribution is -0.118. The first kappa shape index (κ1) is 23.3. The van der Waals surface area contributed by atoms with Crippen molar-refractivity contribution in [1.29, 1.82) is 5.26 Å². The summed E-state index contributed by atoms with van der Waals surface area (Å²) in [4.78, 5) is 41.8. The van der Waals surface area contributed by atoms with Crippen LogP contribution in [0.15, 0.2) is 24.3 Å². The second-order valence-corrected chi connectivity index (χ2v) is 9.27. The Morgan fingerprint density at radius 3 is 2.72 bits per heavy atom. The molecule has 0 aliphatic heterocycles. The van der Waals surface area contributed by atoms with Crippen molar-refractivity contribution in [3.63, 3.8) is 0 Å². The van der Waals surface area contributed by atoms with E-state index in [9.17, 15) is 14.4 Å². The van der Waals surface area contributed by atoms with Crippen molar-refractivity contribution in [3.8, 4) is 6.07 Å². The SMILES string of the molecule is CCCCC(NC(=O)c1[nH]c2c(c1C)C(=O)CC(C)(C)C2)C(=O)Nc1cccc(C#N)c1. The quantitative estimate of drug-likeness (QED) is 0.603. The minimum atomic E-state index is -0.736. The van der Waals surface area contributed by atoms with Gasteiger partial charge in [-0.25, -0.2) is 0 Å². The number of nitrogens with zero attached hydrogens (tertiary/aromatic N) is 1. The van der Waals surface area contributed by atoms with Crippen LogP contribution in [0.3, 0.4) is 0 Å². The Hall–Kier alpha value is -3.40. The largest absolute Gasteiger partial charge is 0.354 e. The monoisotopic (exact) mass is 434 g/mol. The number of aromatic amines is 1. The first-order valence-corrected chi connectivity index (χ1v) is 11.0. The molecule has 0 fully saturated rings. The van der Waals surface area contributed by atoms with Crippen LogP contribution in [0.2, 0.25) is 0 Å². The minimum absolute atomic E-state index is 0.0432. The van der Waals surface area contributed by atoms with Gasteiger partial charge in [-0.3, -0.25) is 14.4 Å². The molecule has 1 aromatic carbocycles. The fraction of sp³-hybridized carbons (Fsp3) is 0.440. The standard InChI is InChI=1S/C25H30N4O3/c1-5-6-10-18(23(31)27-17-9-7-8-16(11-17)14-26)29-24(32)22-15(2)21-19(28-22)12-25(3,4)13-20(21)30/h7-9,11,18,28H,5-6,10,12-13H2,1-4H3,(H,27,31)(H,29,32). The minimum Gasteiger partial charge on any atom is -0.354 e. The lowest BCUT2D eigenvalue weighted by atomic mass is 9.75. The van der Waals surface area contributed by atoms with Gasteiger partial charge < -0.3 is 15.6 Å². The first-order chi connectivity index (χ1) is 15.1. The van der Waals surface area contributed by atoms with E-state index >= 15 is 0 Å². The van der Waals surface area contributed by atoms with E-state index in [0.29, 0.717) is 47.3 Å². The predicted molar refractivity (Wildman–Crippen MR) is 123 cm³/mol. The van der Waals surface area contributed by atoms with Crippen molar-refractivity contribution in [3.05, 3.63) is 52.3 Å². The van der Waals surface area contributed by atoms with Gasteiger partial charge in [-0.1, -0.05) is 39.7 Å². The van der Waals surface area contributed by atoms with Crippen LogP contribution < -0.4 is 10.6 Å². The molecule has 2 aromatic rings. The number of fused-ring (bicyclic) bond motifs is 1. The fourth-order valence-electron chi connectivity index (χ4n) is 4.26. The van der Waals surface area contributed by atoms with Gasteiger partial charge in [0.1, 0.15) is 11.7 Å². The van der Waals surface area contributed by atoms with Crippen LogP contribution in [0.1, 0.15) is 84.1 Å². The maximum absolute atomic E-state index is 13.1. The molecule has 168 valence electrons. The van der Waals surface area contributed by atoms with E-state index < -0.39 is 11.9 Å². The van der Waals surface area contributed by atoms with Crippen molar-refractivity contribution in [1.82, 2.24) is 10.3 Å². The molecule has 0 saturated carbocycles. The number of ketones is 1. The van der Waals surface area contributed by atoms with Crippen LogP contribution in [-0.2, 0) is 11.2 Å². The van der Waals surface area contributed by atoms with Gasteiger partial charge in [0.25, 0.3) is 5.91 Å². The van der Waals surface area contributed by atoms with E-state index in [4.69, 9.17) is 5.26 Å². The summed E-state index contributed by atoms with van der Waals surface area (Å²) >= 11 is 0. The third-order valence-corrected chi connectivity index (χ3v) is 5.86. The van der Waals surface area contributed by atoms with Gasteiger partial charge in [-0.15, -0.1) is 0 Å². The number of nitriles is 1. The highest BCUT2D eigenvalue weighted by Crippen LogP contribution is 2.36. The van der Waals surface area contributed by atoms with Crippen LogP contribution in [0, 0.1) is 23.7 Å². The normalized spacial score (nSPS) is 15.4. The smallest absolute Gasteiger partial charge is 0.268 e. The van der Waals surface area contributed by atoms with Crippen LogP contribution in [0.5, 0.6) is 0 Å². The summed E-state index contributed by atoms with van der Waals surface area (Å²) in [6.45, 7) is 7.87. The summed E-state index contributed by atoms with van der Waals surface area (Å²) in [5.41, 5.74) is 3.16. The maximum Gasteiger partial charge on any atom is 0.268 e. The molecule has 0 saturated heterocycles. The number of carbonyl (C=O) groups excluding carboxylic acids is 3. The van der Waals surface area contributed by atoms with Gasteiger partial charge in [-0.2, -0.15) is 5.26 Å². The molecule has 2 amide bonds. The number of rotatable bonds is 7. The highest BCUT2D eigenvalue weighted by Gasteiger charge is 2.35. The number of anilines is 1. The number of unbranched alkanes of at least 4 members (excludes halogenated alkanes) is 1. The number of carbonyl (C=O) groups is 3. The molecule has 3 rings (SSSR count). The number of hydrogen-bond donors (Lipinski definition) is 3. The zero-order valence-corrected chi connectivity index (χ0v) is 19.1. The molecule has 1 aromatic heterocycles. The fourth-order valence-corrected chi connectivity index (χ4v) is 4.26. The third kappa shape index (κ3) is 5.08. The van der Waals surface area contributed by atoms with Crippen LogP contribution in [-0.4, -0.2) is 28.6 Å². The highest BCUT2D eigenvalue weighted by molar-refractivity contribution is 6.06. The van der Waals surface area contributed by atoms with Gasteiger partial charge in [0.2, 0.25) is 5.91 Å². The first-order valence-electron chi connectivity index (χ1n) is 11.0. The second-order valence-electron chi connectivity index (χ2n) is 9.27. The molecule has 3 N–H and O–H groups in total. The number of amides is 2. The molecule has 0 radical (unpaired) electrons. The summed E-state index contributed by atoms with van der Waals surface area (Å²) in [5.74, 6) is -0.695. The summed E-state index contributed by atoms with van der Waals surface area (Å²) in [5, 5.41) is 14.7. The van der Waals surface area contributed by atoms with Crippen LogP contribution in [0.4, 0.5) is 5.69 Å². The Kier molecular flexibility index (Phi) is 6.83. The Bertz CT molecular complexity index is 1090. The molecule has 1 unspecified atom stereocenters. The van der Waals surface area contributed by atoms with Gasteiger partial charge in [0.15, 0.2) is 5.78 Å². The molecule has 1 aliphatic carbocycles. The van der Waals surface area contributed by atoms with Crippen molar-refractivity contribution < 1.29 is 14.4 Å².